The summed E-state index contributed by atoms with van der Waals surface area (Å²) in [6, 6.07) is 12.3. The molecule has 1 fully saturated rings. The number of hydrogen-bond acceptors (Lipinski definition) is 2. The second-order valence-corrected chi connectivity index (χ2v) is 6.90. The first kappa shape index (κ1) is 16.8. The number of nitrogens with zero attached hydrogens (tertiary/aromatic N) is 2. The summed E-state index contributed by atoms with van der Waals surface area (Å²) < 4.78 is 1.98. The first-order valence-corrected chi connectivity index (χ1v) is 8.67. The second-order valence-electron chi connectivity index (χ2n) is 6.90. The average molecular weight is 326 g/mol. The number of aliphatic hydroxyl groups is 1. The quantitative estimate of drug-likeness (QED) is 0.941. The van der Waals surface area contributed by atoms with Gasteiger partial charge >= 0.3 is 0 Å². The van der Waals surface area contributed by atoms with Crippen molar-refractivity contribution in [3.05, 3.63) is 47.7 Å². The van der Waals surface area contributed by atoms with E-state index in [-0.39, 0.29) is 12.0 Å². The van der Waals surface area contributed by atoms with Crippen LogP contribution in [0.3, 0.4) is 0 Å². The number of hydrogen-bond donors (Lipinski definition) is 1. The van der Waals surface area contributed by atoms with Gasteiger partial charge in [-0.25, -0.2) is 0 Å². The third kappa shape index (κ3) is 3.24. The number of rotatable bonds is 3. The largest absolute Gasteiger partial charge is 0.393 e. The van der Waals surface area contributed by atoms with Gasteiger partial charge in [0.1, 0.15) is 5.69 Å². The van der Waals surface area contributed by atoms with E-state index in [0.29, 0.717) is 5.92 Å². The molecule has 1 aromatic carbocycles. The molecule has 1 aromatic heterocycles. The van der Waals surface area contributed by atoms with Crippen molar-refractivity contribution in [3.63, 3.8) is 0 Å². The predicted octanol–water partition coefficient (Wildman–Crippen LogP) is 3.23. The molecule has 3 rings (SSSR count). The van der Waals surface area contributed by atoms with Crippen LogP contribution in [0.1, 0.15) is 35.8 Å². The van der Waals surface area contributed by atoms with Crippen LogP contribution in [0.25, 0.3) is 11.3 Å². The van der Waals surface area contributed by atoms with E-state index in [9.17, 15) is 9.90 Å². The van der Waals surface area contributed by atoms with Crippen LogP contribution in [0, 0.1) is 12.8 Å². The lowest BCUT2D eigenvalue weighted by atomic mass is 9.92. The number of carbonyl (C=O) groups excluding carboxylic acids is 1. The lowest BCUT2D eigenvalue weighted by Gasteiger charge is -2.33. The van der Waals surface area contributed by atoms with Crippen LogP contribution in [-0.4, -0.2) is 39.7 Å². The van der Waals surface area contributed by atoms with Crippen molar-refractivity contribution in [3.8, 4) is 11.3 Å². The van der Waals surface area contributed by atoms with E-state index >= 15 is 0 Å². The summed E-state index contributed by atoms with van der Waals surface area (Å²) in [5.74, 6) is 0.394. The summed E-state index contributed by atoms with van der Waals surface area (Å²) in [6.45, 7) is 5.36. The molecule has 1 atom stereocenters. The maximum absolute atomic E-state index is 12.9. The Hall–Kier alpha value is -2.07. The minimum atomic E-state index is -0.287. The molecule has 2 heterocycles. The van der Waals surface area contributed by atoms with Gasteiger partial charge in [0.2, 0.25) is 0 Å². The van der Waals surface area contributed by atoms with Crippen molar-refractivity contribution in [2.75, 3.05) is 13.1 Å². The molecule has 24 heavy (non-hydrogen) atoms. The average Bonchev–Trinajstić information content (AvgIpc) is 2.96. The van der Waals surface area contributed by atoms with Crippen LogP contribution in [-0.2, 0) is 7.05 Å². The number of carbonyl (C=O) groups is 1. The molecule has 1 unspecified atom stereocenters. The Morgan fingerprint density at radius 2 is 1.92 bits per heavy atom. The van der Waals surface area contributed by atoms with Gasteiger partial charge in [0.05, 0.1) is 6.10 Å². The Kier molecular flexibility index (Phi) is 4.76. The van der Waals surface area contributed by atoms with Crippen molar-refractivity contribution in [1.29, 1.82) is 0 Å². The minimum Gasteiger partial charge on any atom is -0.393 e. The number of aliphatic hydroxyl groups excluding tert-OH is 1. The van der Waals surface area contributed by atoms with Gasteiger partial charge in [0.25, 0.3) is 5.91 Å². The molecule has 0 spiro atoms. The fraction of sp³-hybridized carbons (Fsp3) is 0.450. The summed E-state index contributed by atoms with van der Waals surface area (Å²) in [5.41, 5.74) is 4.12. The Morgan fingerprint density at radius 3 is 2.54 bits per heavy atom. The van der Waals surface area contributed by atoms with E-state index in [1.165, 1.54) is 5.56 Å². The van der Waals surface area contributed by atoms with Crippen molar-refractivity contribution in [2.45, 2.75) is 32.8 Å². The fourth-order valence-corrected chi connectivity index (χ4v) is 3.57. The molecule has 0 bridgehead atoms. The van der Waals surface area contributed by atoms with Crippen LogP contribution in [0.4, 0.5) is 0 Å². The zero-order valence-corrected chi connectivity index (χ0v) is 14.7. The third-order valence-electron chi connectivity index (χ3n) is 5.16. The van der Waals surface area contributed by atoms with Gasteiger partial charge in [0, 0.05) is 25.8 Å². The van der Waals surface area contributed by atoms with Gasteiger partial charge in [-0.2, -0.15) is 0 Å². The van der Waals surface area contributed by atoms with Crippen molar-refractivity contribution >= 4 is 5.91 Å². The van der Waals surface area contributed by atoms with E-state index in [1.54, 1.807) is 0 Å². The van der Waals surface area contributed by atoms with E-state index in [1.807, 2.05) is 41.6 Å². The number of likely N-dealkylation sites (tertiary alicyclic amines) is 1. The van der Waals surface area contributed by atoms with Crippen LogP contribution < -0.4 is 0 Å². The highest BCUT2D eigenvalue weighted by Crippen LogP contribution is 2.25. The van der Waals surface area contributed by atoms with Crippen LogP contribution in [0.5, 0.6) is 0 Å². The van der Waals surface area contributed by atoms with Gasteiger partial charge in [-0.3, -0.25) is 4.79 Å². The molecule has 4 heteroatoms. The molecule has 0 radical (unpaired) electrons. The smallest absolute Gasteiger partial charge is 0.270 e. The first-order chi connectivity index (χ1) is 11.5. The lowest BCUT2D eigenvalue weighted by molar-refractivity contribution is 0.0514. The highest BCUT2D eigenvalue weighted by atomic mass is 16.3. The number of aryl methyl sites for hydroxylation is 1. The zero-order valence-electron chi connectivity index (χ0n) is 14.7. The van der Waals surface area contributed by atoms with Crippen LogP contribution in [0.2, 0.25) is 0 Å². The zero-order chi connectivity index (χ0) is 17.3. The molecule has 0 aliphatic carbocycles. The lowest BCUT2D eigenvalue weighted by Crippen LogP contribution is -2.41. The predicted molar refractivity (Wildman–Crippen MR) is 95.9 cm³/mol. The van der Waals surface area contributed by atoms with Gasteiger partial charge in [-0.05, 0) is 56.4 Å². The fourth-order valence-electron chi connectivity index (χ4n) is 3.57. The molecular formula is C20H26N2O2. The van der Waals surface area contributed by atoms with Gasteiger partial charge in [-0.15, -0.1) is 0 Å². The normalized spacial score (nSPS) is 17.1. The molecule has 128 valence electrons. The number of benzene rings is 1. The highest BCUT2D eigenvalue weighted by molar-refractivity contribution is 5.94. The molecule has 1 aliphatic rings. The SMILES string of the molecule is Cc1cccc(-c2ccc(C(=O)N3CCC(C(C)O)CC3)n2C)c1. The minimum absolute atomic E-state index is 0.0837. The number of piperidine rings is 1. The Morgan fingerprint density at radius 1 is 1.21 bits per heavy atom. The summed E-state index contributed by atoms with van der Waals surface area (Å²) in [5, 5.41) is 9.71. The topological polar surface area (TPSA) is 45.5 Å². The standard InChI is InChI=1S/C20H26N2O2/c1-14-5-4-6-17(13-14)18-7-8-19(21(18)3)20(24)22-11-9-16(10-12-22)15(2)23/h4-8,13,15-16,23H,9-12H2,1-3H3. The van der Waals surface area contributed by atoms with Crippen LogP contribution >= 0.6 is 0 Å². The van der Waals surface area contributed by atoms with E-state index in [4.69, 9.17) is 0 Å². The van der Waals surface area contributed by atoms with Crippen LogP contribution in [0.15, 0.2) is 36.4 Å². The Labute approximate surface area is 143 Å². The van der Waals surface area contributed by atoms with E-state index < -0.39 is 0 Å². The Balaban J connectivity index is 1.78. The molecular weight excluding hydrogens is 300 g/mol. The van der Waals surface area contributed by atoms with E-state index in [2.05, 4.69) is 25.1 Å². The van der Waals surface area contributed by atoms with E-state index in [0.717, 1.165) is 42.9 Å². The highest BCUT2D eigenvalue weighted by Gasteiger charge is 2.27. The maximum Gasteiger partial charge on any atom is 0.270 e. The molecule has 1 amide bonds. The molecule has 1 N–H and O–H groups in total. The van der Waals surface area contributed by atoms with Gasteiger partial charge in [-0.1, -0.05) is 23.8 Å². The Bertz CT molecular complexity index is 725. The van der Waals surface area contributed by atoms with Crippen molar-refractivity contribution in [1.82, 2.24) is 9.47 Å². The summed E-state index contributed by atoms with van der Waals surface area (Å²) in [7, 11) is 1.95. The van der Waals surface area contributed by atoms with Gasteiger partial charge in [0.15, 0.2) is 0 Å². The summed E-state index contributed by atoms with van der Waals surface area (Å²) in [6.07, 6.45) is 1.46. The first-order valence-electron chi connectivity index (χ1n) is 8.67. The molecule has 4 nitrogen and oxygen atoms in total. The number of amides is 1. The second kappa shape index (κ2) is 6.81. The maximum atomic E-state index is 12.9. The summed E-state index contributed by atoms with van der Waals surface area (Å²) in [4.78, 5) is 14.8. The molecule has 2 aromatic rings. The monoisotopic (exact) mass is 326 g/mol. The van der Waals surface area contributed by atoms with Crippen molar-refractivity contribution < 1.29 is 9.90 Å². The molecule has 0 saturated carbocycles. The molecule has 1 saturated heterocycles. The third-order valence-corrected chi connectivity index (χ3v) is 5.16. The van der Waals surface area contributed by atoms with Crippen molar-refractivity contribution in [2.24, 2.45) is 13.0 Å². The summed E-state index contributed by atoms with van der Waals surface area (Å²) >= 11 is 0. The molecule has 1 aliphatic heterocycles. The van der Waals surface area contributed by atoms with Gasteiger partial charge < -0.3 is 14.6 Å². The number of aromatic nitrogens is 1.